The fraction of sp³-hybridized carbons (Fsp3) is 0.158. The molecular weight excluding hydrogens is 385 g/mol. The highest BCUT2D eigenvalue weighted by Crippen LogP contribution is 2.52. The summed E-state index contributed by atoms with van der Waals surface area (Å²) in [5.74, 6) is -0.185. The molecule has 7 nitrogen and oxygen atoms in total. The van der Waals surface area contributed by atoms with Crippen LogP contribution in [0.25, 0.3) is 11.3 Å². The fourth-order valence-corrected chi connectivity index (χ4v) is 2.89. The van der Waals surface area contributed by atoms with Crippen molar-refractivity contribution in [1.29, 1.82) is 0 Å². The van der Waals surface area contributed by atoms with Crippen LogP contribution in [-0.2, 0) is 12.7 Å². The second-order valence-corrected chi connectivity index (χ2v) is 6.57. The van der Waals surface area contributed by atoms with Gasteiger partial charge in [-0.1, -0.05) is 24.3 Å². The summed E-state index contributed by atoms with van der Waals surface area (Å²) < 4.78 is 41.1. The molecule has 4 rings (SSSR count). The molecule has 0 bridgehead atoms. The molecule has 1 aliphatic rings. The standard InChI is InChI=1S/C19H15F3N6O/c1-28-16(10-15(25-28)11-5-7-14(23)8-6-11)24-17(29)12-3-2-4-13(9-12)18(26-27-18)19(20,21)22/h2-10H,23H2,1H3,(H,24,29). The Morgan fingerprint density at radius 1 is 1.10 bits per heavy atom. The van der Waals surface area contributed by atoms with Crippen molar-refractivity contribution in [3.63, 3.8) is 0 Å². The molecule has 1 amide bonds. The van der Waals surface area contributed by atoms with Crippen molar-refractivity contribution >= 4 is 17.4 Å². The minimum Gasteiger partial charge on any atom is -0.399 e. The number of nitrogens with zero attached hydrogens (tertiary/aromatic N) is 4. The number of hydrogen-bond acceptors (Lipinski definition) is 5. The maximum absolute atomic E-state index is 13.2. The smallest absolute Gasteiger partial charge is 0.399 e. The van der Waals surface area contributed by atoms with E-state index in [2.05, 4.69) is 20.6 Å². The van der Waals surface area contributed by atoms with Crippen molar-refractivity contribution in [2.24, 2.45) is 17.3 Å². The van der Waals surface area contributed by atoms with E-state index in [-0.39, 0.29) is 11.1 Å². The average Bonchev–Trinajstić information content (AvgIpc) is 3.43. The summed E-state index contributed by atoms with van der Waals surface area (Å²) >= 11 is 0. The molecule has 0 fully saturated rings. The van der Waals surface area contributed by atoms with Crippen LogP contribution >= 0.6 is 0 Å². The Morgan fingerprint density at radius 2 is 1.79 bits per heavy atom. The van der Waals surface area contributed by atoms with Crippen LogP contribution in [0.1, 0.15) is 15.9 Å². The van der Waals surface area contributed by atoms with Crippen LogP contribution in [0.2, 0.25) is 0 Å². The van der Waals surface area contributed by atoms with Gasteiger partial charge in [0, 0.05) is 35.5 Å². The number of carbonyl (C=O) groups excluding carboxylic acids is 1. The third-order valence-corrected chi connectivity index (χ3v) is 4.55. The largest absolute Gasteiger partial charge is 0.442 e. The number of carbonyl (C=O) groups is 1. The number of nitrogens with two attached hydrogens (primary N) is 1. The Labute approximate surface area is 163 Å². The van der Waals surface area contributed by atoms with Gasteiger partial charge in [0.1, 0.15) is 5.82 Å². The molecule has 0 aliphatic carbocycles. The number of nitrogen functional groups attached to an aromatic ring is 1. The number of aromatic nitrogens is 2. The van der Waals surface area contributed by atoms with Crippen molar-refractivity contribution in [2.45, 2.75) is 11.8 Å². The molecule has 3 N–H and O–H groups in total. The summed E-state index contributed by atoms with van der Waals surface area (Å²) in [5, 5.41) is 13.3. The molecular formula is C19H15F3N6O. The van der Waals surface area contributed by atoms with E-state index in [1.54, 1.807) is 37.4 Å². The van der Waals surface area contributed by atoms with Crippen molar-refractivity contribution in [1.82, 2.24) is 9.78 Å². The maximum Gasteiger partial charge on any atom is 0.442 e. The third kappa shape index (κ3) is 3.33. The van der Waals surface area contributed by atoms with E-state index < -0.39 is 17.7 Å². The summed E-state index contributed by atoms with van der Waals surface area (Å²) in [6, 6.07) is 13.9. The lowest BCUT2D eigenvalue weighted by Crippen LogP contribution is -2.30. The van der Waals surface area contributed by atoms with Crippen molar-refractivity contribution in [3.05, 3.63) is 65.7 Å². The number of halogens is 3. The number of hydrogen-bond donors (Lipinski definition) is 2. The monoisotopic (exact) mass is 400 g/mol. The molecule has 1 aliphatic heterocycles. The molecule has 148 valence electrons. The van der Waals surface area contributed by atoms with Crippen LogP contribution in [0.5, 0.6) is 0 Å². The first-order chi connectivity index (χ1) is 13.7. The topological polar surface area (TPSA) is 97.7 Å². The molecule has 0 unspecified atom stereocenters. The van der Waals surface area contributed by atoms with Gasteiger partial charge < -0.3 is 11.1 Å². The van der Waals surface area contributed by atoms with Crippen molar-refractivity contribution in [2.75, 3.05) is 11.1 Å². The van der Waals surface area contributed by atoms with E-state index >= 15 is 0 Å². The van der Waals surface area contributed by atoms with Gasteiger partial charge in [-0.2, -0.15) is 18.3 Å². The number of rotatable bonds is 4. The van der Waals surface area contributed by atoms with Crippen LogP contribution in [-0.4, -0.2) is 21.9 Å². The highest BCUT2D eigenvalue weighted by atomic mass is 19.4. The zero-order valence-electron chi connectivity index (χ0n) is 15.1. The first-order valence-corrected chi connectivity index (χ1v) is 8.52. The fourth-order valence-electron chi connectivity index (χ4n) is 2.89. The van der Waals surface area contributed by atoms with Crippen LogP contribution in [0.3, 0.4) is 0 Å². The summed E-state index contributed by atoms with van der Waals surface area (Å²) in [7, 11) is 1.65. The number of alkyl halides is 3. The predicted molar refractivity (Wildman–Crippen MR) is 100 cm³/mol. The second-order valence-electron chi connectivity index (χ2n) is 6.57. The van der Waals surface area contributed by atoms with Crippen molar-refractivity contribution < 1.29 is 18.0 Å². The predicted octanol–water partition coefficient (Wildman–Crippen LogP) is 4.10. The molecule has 0 radical (unpaired) electrons. The first kappa shape index (κ1) is 18.7. The highest BCUT2D eigenvalue weighted by molar-refractivity contribution is 6.04. The molecule has 2 heterocycles. The molecule has 0 saturated carbocycles. The number of aryl methyl sites for hydroxylation is 1. The second kappa shape index (κ2) is 6.43. The molecule has 10 heteroatoms. The van der Waals surface area contributed by atoms with Gasteiger partial charge >= 0.3 is 11.8 Å². The lowest BCUT2D eigenvalue weighted by atomic mass is 10.00. The molecule has 0 saturated heterocycles. The van der Waals surface area contributed by atoms with Gasteiger partial charge in [0.25, 0.3) is 5.91 Å². The van der Waals surface area contributed by atoms with Gasteiger partial charge in [-0.15, -0.1) is 10.2 Å². The number of nitrogens with one attached hydrogen (secondary N) is 1. The number of amides is 1. The van der Waals surface area contributed by atoms with E-state index in [9.17, 15) is 18.0 Å². The molecule has 1 aromatic heterocycles. The van der Waals surface area contributed by atoms with E-state index in [4.69, 9.17) is 5.73 Å². The lowest BCUT2D eigenvalue weighted by Gasteiger charge is -2.15. The normalized spacial score (nSPS) is 14.6. The summed E-state index contributed by atoms with van der Waals surface area (Å²) in [6.07, 6.45) is -4.65. The Kier molecular flexibility index (Phi) is 4.14. The van der Waals surface area contributed by atoms with E-state index in [0.717, 1.165) is 11.6 Å². The first-order valence-electron chi connectivity index (χ1n) is 8.52. The van der Waals surface area contributed by atoms with Crippen LogP contribution in [0.4, 0.5) is 24.7 Å². The average molecular weight is 400 g/mol. The maximum atomic E-state index is 13.2. The van der Waals surface area contributed by atoms with Crippen LogP contribution in [0.15, 0.2) is 64.8 Å². The SMILES string of the molecule is Cn1nc(-c2ccc(N)cc2)cc1NC(=O)c1cccc(C2(C(F)(F)F)N=N2)c1. The molecule has 29 heavy (non-hydrogen) atoms. The minimum atomic E-state index is -4.65. The van der Waals surface area contributed by atoms with Gasteiger partial charge in [-0.25, -0.2) is 0 Å². The van der Waals surface area contributed by atoms with Crippen LogP contribution in [0, 0.1) is 0 Å². The summed E-state index contributed by atoms with van der Waals surface area (Å²) in [4.78, 5) is 12.6. The van der Waals surface area contributed by atoms with E-state index in [1.807, 2.05) is 0 Å². The minimum absolute atomic E-state index is 0.0543. The molecule has 2 aromatic carbocycles. The Hall–Kier alpha value is -3.69. The Balaban J connectivity index is 1.56. The zero-order chi connectivity index (χ0) is 20.8. The highest BCUT2D eigenvalue weighted by Gasteiger charge is 2.65. The van der Waals surface area contributed by atoms with Gasteiger partial charge in [-0.3, -0.25) is 9.48 Å². The Morgan fingerprint density at radius 3 is 2.41 bits per heavy atom. The van der Waals surface area contributed by atoms with Crippen LogP contribution < -0.4 is 11.1 Å². The third-order valence-electron chi connectivity index (χ3n) is 4.55. The summed E-state index contributed by atoms with van der Waals surface area (Å²) in [5.41, 5.74) is 4.99. The van der Waals surface area contributed by atoms with E-state index in [1.165, 1.54) is 22.9 Å². The quantitative estimate of drug-likeness (QED) is 0.645. The molecule has 0 atom stereocenters. The zero-order valence-corrected chi connectivity index (χ0v) is 15.1. The van der Waals surface area contributed by atoms with Gasteiger partial charge in [-0.05, 0) is 24.3 Å². The van der Waals surface area contributed by atoms with Gasteiger partial charge in [0.15, 0.2) is 0 Å². The number of anilines is 2. The number of benzene rings is 2. The van der Waals surface area contributed by atoms with Gasteiger partial charge in [0.05, 0.1) is 5.69 Å². The molecule has 3 aromatic rings. The lowest BCUT2D eigenvalue weighted by molar-refractivity contribution is -0.166. The summed E-state index contributed by atoms with van der Waals surface area (Å²) in [6.45, 7) is 0. The Bertz CT molecular complexity index is 1110. The molecule has 0 spiro atoms. The van der Waals surface area contributed by atoms with Crippen molar-refractivity contribution in [3.8, 4) is 11.3 Å². The van der Waals surface area contributed by atoms with Gasteiger partial charge in [0.2, 0.25) is 0 Å². The van der Waals surface area contributed by atoms with E-state index in [0.29, 0.717) is 17.2 Å².